The zero-order valence-corrected chi connectivity index (χ0v) is 15.9. The summed E-state index contributed by atoms with van der Waals surface area (Å²) >= 11 is 0. The van der Waals surface area contributed by atoms with E-state index in [2.05, 4.69) is 16.4 Å². The Morgan fingerprint density at radius 1 is 1.35 bits per heavy atom. The average Bonchev–Trinajstić information content (AvgIpc) is 3.42. The van der Waals surface area contributed by atoms with Crippen LogP contribution in [0.5, 0.6) is 0 Å². The lowest BCUT2D eigenvalue weighted by Crippen LogP contribution is -2.47. The van der Waals surface area contributed by atoms with Crippen molar-refractivity contribution in [3.8, 4) is 0 Å². The number of nitrogens with zero attached hydrogens (tertiary/aromatic N) is 3. The van der Waals surface area contributed by atoms with Crippen LogP contribution in [-0.4, -0.2) is 45.9 Å². The molecule has 1 unspecified atom stereocenters. The first kappa shape index (κ1) is 18.7. The van der Waals surface area contributed by atoms with Gasteiger partial charge < -0.3 is 14.8 Å². The number of amides is 2. The fraction of sp³-hybridized carbons (Fsp3) is 0.650. The maximum Gasteiger partial charge on any atom is 0.246 e. The number of allylic oxidation sites excluding steroid dienone is 1. The number of carbonyl (C=O) groups excluding carboxylic acids is 2. The first-order valence-electron chi connectivity index (χ1n) is 9.76. The number of aryl methyl sites for hydroxylation is 1. The van der Waals surface area contributed by atoms with Gasteiger partial charge in [0.1, 0.15) is 6.54 Å². The lowest BCUT2D eigenvalue weighted by atomic mass is 10.1. The molecular formula is C20H30N4O2. The van der Waals surface area contributed by atoms with Crippen molar-refractivity contribution in [2.75, 3.05) is 13.6 Å². The molecule has 1 heterocycles. The molecule has 2 amide bonds. The molecule has 1 fully saturated rings. The number of imidazole rings is 1. The summed E-state index contributed by atoms with van der Waals surface area (Å²) in [6, 6.07) is 0.0710. The highest BCUT2D eigenvalue weighted by atomic mass is 16.2. The molecule has 2 aliphatic carbocycles. The van der Waals surface area contributed by atoms with Gasteiger partial charge in [0.05, 0.1) is 12.4 Å². The molecule has 1 N–H and O–H groups in total. The normalized spacial score (nSPS) is 18.6. The predicted octanol–water partition coefficient (Wildman–Crippen LogP) is 2.44. The number of hydrogen-bond acceptors (Lipinski definition) is 3. The van der Waals surface area contributed by atoms with E-state index in [9.17, 15) is 9.59 Å². The fourth-order valence-corrected chi connectivity index (χ4v) is 3.63. The largest absolute Gasteiger partial charge is 0.350 e. The minimum atomic E-state index is 0.0452. The maximum atomic E-state index is 12.7. The van der Waals surface area contributed by atoms with Crippen LogP contribution < -0.4 is 5.32 Å². The lowest BCUT2D eigenvalue weighted by molar-refractivity contribution is -0.133. The highest BCUT2D eigenvalue weighted by Crippen LogP contribution is 2.35. The van der Waals surface area contributed by atoms with Gasteiger partial charge in [-0.3, -0.25) is 9.59 Å². The van der Waals surface area contributed by atoms with Gasteiger partial charge in [-0.05, 0) is 51.4 Å². The molecule has 1 aromatic rings. The van der Waals surface area contributed by atoms with Crippen molar-refractivity contribution >= 4 is 11.8 Å². The van der Waals surface area contributed by atoms with Gasteiger partial charge in [0, 0.05) is 31.1 Å². The molecule has 0 aromatic carbocycles. The zero-order chi connectivity index (χ0) is 18.5. The Kier molecular flexibility index (Phi) is 6.12. The molecule has 0 spiro atoms. The second-order valence-corrected chi connectivity index (χ2v) is 7.61. The van der Waals surface area contributed by atoms with E-state index in [1.807, 2.05) is 23.4 Å². The van der Waals surface area contributed by atoms with Crippen LogP contribution in [0.25, 0.3) is 0 Å². The molecule has 0 saturated heterocycles. The van der Waals surface area contributed by atoms with Gasteiger partial charge in [0.2, 0.25) is 11.8 Å². The van der Waals surface area contributed by atoms with E-state index in [4.69, 9.17) is 0 Å². The third kappa shape index (κ3) is 4.74. The molecule has 0 bridgehead atoms. The zero-order valence-electron chi connectivity index (χ0n) is 15.9. The smallest absolute Gasteiger partial charge is 0.246 e. The van der Waals surface area contributed by atoms with Crippen LogP contribution in [0.4, 0.5) is 0 Å². The van der Waals surface area contributed by atoms with Crippen molar-refractivity contribution in [3.05, 3.63) is 29.9 Å². The summed E-state index contributed by atoms with van der Waals surface area (Å²) in [7, 11) is 1.86. The van der Waals surface area contributed by atoms with Crippen molar-refractivity contribution in [1.82, 2.24) is 19.8 Å². The maximum absolute atomic E-state index is 12.7. The number of rotatable bonds is 7. The molecule has 142 valence electrons. The quantitative estimate of drug-likeness (QED) is 0.814. The van der Waals surface area contributed by atoms with E-state index in [0.717, 1.165) is 43.4 Å². The Balaban J connectivity index is 1.56. The summed E-state index contributed by atoms with van der Waals surface area (Å²) in [5, 5.41) is 3.09. The Morgan fingerprint density at radius 3 is 2.85 bits per heavy atom. The predicted molar refractivity (Wildman–Crippen MR) is 100 cm³/mol. The SMILES string of the molecule is Cc1cncn1CC(=O)N(C)C(CNC(=O)C1=CCCCCC1)C1CC1. The molecule has 3 rings (SSSR count). The van der Waals surface area contributed by atoms with E-state index in [1.165, 1.54) is 12.8 Å². The van der Waals surface area contributed by atoms with Crippen LogP contribution in [-0.2, 0) is 16.1 Å². The fourth-order valence-electron chi connectivity index (χ4n) is 3.63. The molecule has 2 aliphatic rings. The average molecular weight is 358 g/mol. The lowest BCUT2D eigenvalue weighted by Gasteiger charge is -2.29. The molecule has 1 saturated carbocycles. The first-order chi connectivity index (χ1) is 12.6. The van der Waals surface area contributed by atoms with Crippen molar-refractivity contribution in [2.24, 2.45) is 5.92 Å². The van der Waals surface area contributed by atoms with Gasteiger partial charge in [-0.1, -0.05) is 12.5 Å². The highest BCUT2D eigenvalue weighted by molar-refractivity contribution is 5.93. The third-order valence-corrected chi connectivity index (χ3v) is 5.59. The Hall–Kier alpha value is -2.11. The molecular weight excluding hydrogens is 328 g/mol. The standard InChI is InChI=1S/C20H30N4O2/c1-15-11-21-14-24(15)13-19(25)23(2)18(16-9-10-16)12-22-20(26)17-7-5-3-4-6-8-17/h7,11,14,16,18H,3-6,8-10,12-13H2,1-2H3,(H,22,26). The van der Waals surface area contributed by atoms with Crippen molar-refractivity contribution in [1.29, 1.82) is 0 Å². The van der Waals surface area contributed by atoms with Gasteiger partial charge in [-0.25, -0.2) is 4.98 Å². The van der Waals surface area contributed by atoms with Crippen LogP contribution in [0.3, 0.4) is 0 Å². The number of carbonyl (C=O) groups is 2. The van der Waals surface area contributed by atoms with Gasteiger partial charge in [0.25, 0.3) is 0 Å². The van der Waals surface area contributed by atoms with Crippen LogP contribution >= 0.6 is 0 Å². The van der Waals surface area contributed by atoms with Crippen LogP contribution in [0, 0.1) is 12.8 Å². The number of hydrogen-bond donors (Lipinski definition) is 1. The summed E-state index contributed by atoms with van der Waals surface area (Å²) in [6.45, 7) is 2.77. The summed E-state index contributed by atoms with van der Waals surface area (Å²) in [5.41, 5.74) is 1.89. The number of nitrogens with one attached hydrogen (secondary N) is 1. The topological polar surface area (TPSA) is 67.2 Å². The molecule has 1 atom stereocenters. The molecule has 26 heavy (non-hydrogen) atoms. The third-order valence-electron chi connectivity index (χ3n) is 5.59. The van der Waals surface area contributed by atoms with Crippen molar-refractivity contribution in [2.45, 2.75) is 64.5 Å². The van der Waals surface area contributed by atoms with E-state index < -0.39 is 0 Å². The molecule has 1 aromatic heterocycles. The molecule has 0 radical (unpaired) electrons. The minimum absolute atomic E-state index is 0.0452. The van der Waals surface area contributed by atoms with Crippen LogP contribution in [0.1, 0.15) is 50.6 Å². The van der Waals surface area contributed by atoms with Crippen LogP contribution in [0.2, 0.25) is 0 Å². The second-order valence-electron chi connectivity index (χ2n) is 7.61. The Labute approximate surface area is 155 Å². The second kappa shape index (κ2) is 8.52. The first-order valence-corrected chi connectivity index (χ1v) is 9.76. The van der Waals surface area contributed by atoms with Gasteiger partial charge >= 0.3 is 0 Å². The van der Waals surface area contributed by atoms with Crippen molar-refractivity contribution < 1.29 is 9.59 Å². The summed E-state index contributed by atoms with van der Waals surface area (Å²) in [6.07, 6.45) is 13.1. The van der Waals surface area contributed by atoms with Gasteiger partial charge in [-0.15, -0.1) is 0 Å². The highest BCUT2D eigenvalue weighted by Gasteiger charge is 2.36. The summed E-state index contributed by atoms with van der Waals surface area (Å²) < 4.78 is 1.86. The number of aromatic nitrogens is 2. The van der Waals surface area contributed by atoms with Crippen molar-refractivity contribution in [3.63, 3.8) is 0 Å². The molecule has 6 nitrogen and oxygen atoms in total. The van der Waals surface area contributed by atoms with E-state index in [-0.39, 0.29) is 17.9 Å². The molecule has 6 heteroatoms. The summed E-state index contributed by atoms with van der Waals surface area (Å²) in [5.74, 6) is 0.603. The van der Waals surface area contributed by atoms with Gasteiger partial charge in [-0.2, -0.15) is 0 Å². The van der Waals surface area contributed by atoms with E-state index in [0.29, 0.717) is 19.0 Å². The van der Waals surface area contributed by atoms with E-state index >= 15 is 0 Å². The van der Waals surface area contributed by atoms with Gasteiger partial charge in [0.15, 0.2) is 0 Å². The van der Waals surface area contributed by atoms with Crippen LogP contribution in [0.15, 0.2) is 24.2 Å². The number of likely N-dealkylation sites (N-methyl/N-ethyl adjacent to an activating group) is 1. The minimum Gasteiger partial charge on any atom is -0.350 e. The Morgan fingerprint density at radius 2 is 2.15 bits per heavy atom. The monoisotopic (exact) mass is 358 g/mol. The van der Waals surface area contributed by atoms with E-state index in [1.54, 1.807) is 12.5 Å². The summed E-state index contributed by atoms with van der Waals surface area (Å²) in [4.78, 5) is 31.1. The molecule has 0 aliphatic heterocycles. The Bertz CT molecular complexity index is 675.